The second-order valence-electron chi connectivity index (χ2n) is 4.57. The van der Waals surface area contributed by atoms with Crippen molar-refractivity contribution in [2.75, 3.05) is 14.2 Å². The summed E-state index contributed by atoms with van der Waals surface area (Å²) in [7, 11) is 3.03. The van der Waals surface area contributed by atoms with Crippen molar-refractivity contribution in [1.29, 1.82) is 0 Å². The first-order chi connectivity index (χ1) is 10.2. The van der Waals surface area contributed by atoms with Gasteiger partial charge in [-0.2, -0.15) is 0 Å². The minimum Gasteiger partial charge on any atom is -0.493 e. The van der Waals surface area contributed by atoms with Crippen LogP contribution in [-0.4, -0.2) is 25.5 Å². The van der Waals surface area contributed by atoms with Crippen LogP contribution in [0.3, 0.4) is 0 Å². The Hall–Kier alpha value is -2.82. The van der Waals surface area contributed by atoms with Crippen molar-refractivity contribution in [3.63, 3.8) is 0 Å². The lowest BCUT2D eigenvalue weighted by atomic mass is 10.0. The summed E-state index contributed by atoms with van der Waals surface area (Å²) in [5.74, 6) is 0.940. The Labute approximate surface area is 120 Å². The molecule has 3 aromatic rings. The summed E-state index contributed by atoms with van der Waals surface area (Å²) in [5.41, 5.74) is 0.560. The second kappa shape index (κ2) is 4.94. The van der Waals surface area contributed by atoms with Gasteiger partial charge in [-0.1, -0.05) is 18.2 Å². The number of aromatic amines is 1. The molecule has 1 N–H and O–H groups in total. The zero-order chi connectivity index (χ0) is 15.0. The molecule has 0 saturated carbocycles. The van der Waals surface area contributed by atoms with Gasteiger partial charge in [0.25, 0.3) is 5.56 Å². The van der Waals surface area contributed by atoms with Gasteiger partial charge < -0.3 is 14.5 Å². The van der Waals surface area contributed by atoms with Crippen molar-refractivity contribution < 1.29 is 14.3 Å². The number of ether oxygens (including phenoxy) is 2. The average molecular weight is 283 g/mol. The molecule has 5 heteroatoms. The average Bonchev–Trinajstić information content (AvgIpc) is 2.53. The van der Waals surface area contributed by atoms with Crippen molar-refractivity contribution in [1.82, 2.24) is 4.98 Å². The lowest BCUT2D eigenvalue weighted by molar-refractivity contribution is 0.112. The molecule has 0 saturated heterocycles. The Kier molecular flexibility index (Phi) is 3.10. The number of methoxy groups -OCH3 is 2. The number of rotatable bonds is 3. The number of carbonyl (C=O) groups is 1. The van der Waals surface area contributed by atoms with Crippen molar-refractivity contribution in [3.8, 4) is 11.5 Å². The molecular formula is C16H13NO4. The molecular weight excluding hydrogens is 270 g/mol. The summed E-state index contributed by atoms with van der Waals surface area (Å²) in [6.45, 7) is 0. The number of nitrogens with one attached hydrogen (secondary N) is 1. The van der Waals surface area contributed by atoms with Gasteiger partial charge in [0.05, 0.1) is 25.1 Å². The molecule has 0 atom stereocenters. The van der Waals surface area contributed by atoms with E-state index in [0.29, 0.717) is 39.6 Å². The molecule has 0 fully saturated rings. The summed E-state index contributed by atoms with van der Waals surface area (Å²) in [5, 5.41) is 1.91. The summed E-state index contributed by atoms with van der Waals surface area (Å²) >= 11 is 0. The highest BCUT2D eigenvalue weighted by atomic mass is 16.5. The van der Waals surface area contributed by atoms with Crippen LogP contribution in [0.15, 0.2) is 35.1 Å². The lowest BCUT2D eigenvalue weighted by Gasteiger charge is -2.14. The van der Waals surface area contributed by atoms with E-state index in [1.807, 2.05) is 12.1 Å². The molecule has 0 aliphatic rings. The number of carbonyl (C=O) groups excluding carboxylic acids is 1. The topological polar surface area (TPSA) is 68.4 Å². The highest BCUT2D eigenvalue weighted by molar-refractivity contribution is 6.13. The Morgan fingerprint density at radius 3 is 2.43 bits per heavy atom. The largest absolute Gasteiger partial charge is 0.493 e. The third-order valence-corrected chi connectivity index (χ3v) is 3.51. The highest BCUT2D eigenvalue weighted by Crippen LogP contribution is 2.39. The molecule has 5 nitrogen and oxygen atoms in total. The van der Waals surface area contributed by atoms with E-state index in [0.717, 1.165) is 5.39 Å². The minimum absolute atomic E-state index is 0.242. The fourth-order valence-corrected chi connectivity index (χ4v) is 2.58. The van der Waals surface area contributed by atoms with Crippen molar-refractivity contribution in [2.45, 2.75) is 0 Å². The molecule has 2 aromatic carbocycles. The molecule has 0 aliphatic heterocycles. The molecule has 106 valence electrons. The number of benzene rings is 2. The van der Waals surface area contributed by atoms with Crippen LogP contribution in [-0.2, 0) is 0 Å². The zero-order valence-electron chi connectivity index (χ0n) is 11.6. The van der Waals surface area contributed by atoms with E-state index in [9.17, 15) is 9.59 Å². The lowest BCUT2D eigenvalue weighted by Crippen LogP contribution is -2.08. The Morgan fingerprint density at radius 2 is 1.81 bits per heavy atom. The molecule has 0 amide bonds. The number of hydrogen-bond acceptors (Lipinski definition) is 4. The summed E-state index contributed by atoms with van der Waals surface area (Å²) in [6, 6.07) is 8.73. The number of aromatic nitrogens is 1. The zero-order valence-corrected chi connectivity index (χ0v) is 11.6. The van der Waals surface area contributed by atoms with E-state index in [-0.39, 0.29) is 5.56 Å². The number of pyridine rings is 1. The van der Waals surface area contributed by atoms with E-state index in [1.165, 1.54) is 14.2 Å². The van der Waals surface area contributed by atoms with Crippen molar-refractivity contribution in [3.05, 3.63) is 46.2 Å². The normalized spacial score (nSPS) is 10.8. The van der Waals surface area contributed by atoms with E-state index in [1.54, 1.807) is 18.2 Å². The Balaban J connectivity index is 2.68. The molecule has 1 aromatic heterocycles. The van der Waals surface area contributed by atoms with Crippen molar-refractivity contribution >= 4 is 28.0 Å². The number of H-pyrrole nitrogens is 1. The van der Waals surface area contributed by atoms with Crippen LogP contribution < -0.4 is 15.0 Å². The first kappa shape index (κ1) is 13.2. The number of hydrogen-bond donors (Lipinski definition) is 1. The number of fused-ring (bicyclic) bond motifs is 3. The maximum Gasteiger partial charge on any atom is 0.256 e. The number of aldehydes is 1. The van der Waals surface area contributed by atoms with Crippen LogP contribution in [0.25, 0.3) is 21.7 Å². The molecule has 0 radical (unpaired) electrons. The van der Waals surface area contributed by atoms with Crippen LogP contribution in [0.4, 0.5) is 0 Å². The van der Waals surface area contributed by atoms with Gasteiger partial charge in [0, 0.05) is 16.3 Å². The van der Waals surface area contributed by atoms with E-state index in [4.69, 9.17) is 9.47 Å². The van der Waals surface area contributed by atoms with Gasteiger partial charge in [-0.3, -0.25) is 9.59 Å². The molecule has 0 spiro atoms. The standard InChI is InChI=1S/C16H13NO4/c1-20-12-7-9(8-18)14-13(15(12)21-2)10-5-3-4-6-11(10)16(19)17-14/h3-8H,1-2H3,(H,17,19). The van der Waals surface area contributed by atoms with Gasteiger partial charge in [0.15, 0.2) is 17.8 Å². The summed E-state index contributed by atoms with van der Waals surface area (Å²) in [6.07, 6.45) is 0.689. The molecule has 3 rings (SSSR count). The first-order valence-corrected chi connectivity index (χ1v) is 6.36. The highest BCUT2D eigenvalue weighted by Gasteiger charge is 2.17. The Morgan fingerprint density at radius 1 is 1.10 bits per heavy atom. The van der Waals surface area contributed by atoms with Gasteiger partial charge in [0.2, 0.25) is 0 Å². The van der Waals surface area contributed by atoms with Gasteiger partial charge in [-0.25, -0.2) is 0 Å². The minimum atomic E-state index is -0.242. The van der Waals surface area contributed by atoms with Gasteiger partial charge in [-0.15, -0.1) is 0 Å². The smallest absolute Gasteiger partial charge is 0.256 e. The molecule has 0 unspecified atom stereocenters. The quantitative estimate of drug-likeness (QED) is 0.592. The van der Waals surface area contributed by atoms with Crippen LogP contribution in [0.5, 0.6) is 11.5 Å². The second-order valence-corrected chi connectivity index (χ2v) is 4.57. The molecule has 0 aliphatic carbocycles. The monoisotopic (exact) mass is 283 g/mol. The molecule has 1 heterocycles. The SMILES string of the molecule is COc1cc(C=O)c2[nH]c(=O)c3ccccc3c2c1OC. The third-order valence-electron chi connectivity index (χ3n) is 3.51. The maximum atomic E-state index is 12.2. The van der Waals surface area contributed by atoms with E-state index >= 15 is 0 Å². The van der Waals surface area contributed by atoms with E-state index < -0.39 is 0 Å². The predicted molar refractivity (Wildman–Crippen MR) is 80.6 cm³/mol. The Bertz CT molecular complexity index is 911. The fraction of sp³-hybridized carbons (Fsp3) is 0.125. The first-order valence-electron chi connectivity index (χ1n) is 6.36. The van der Waals surface area contributed by atoms with Crippen LogP contribution in [0.1, 0.15) is 10.4 Å². The molecule has 0 bridgehead atoms. The van der Waals surface area contributed by atoms with Gasteiger partial charge in [-0.05, 0) is 12.1 Å². The van der Waals surface area contributed by atoms with Crippen LogP contribution >= 0.6 is 0 Å². The maximum absolute atomic E-state index is 12.2. The van der Waals surface area contributed by atoms with Crippen molar-refractivity contribution in [2.24, 2.45) is 0 Å². The third kappa shape index (κ3) is 1.86. The van der Waals surface area contributed by atoms with Gasteiger partial charge >= 0.3 is 0 Å². The van der Waals surface area contributed by atoms with Gasteiger partial charge in [0.1, 0.15) is 0 Å². The summed E-state index contributed by atoms with van der Waals surface area (Å²) < 4.78 is 10.7. The molecule has 21 heavy (non-hydrogen) atoms. The van der Waals surface area contributed by atoms with E-state index in [2.05, 4.69) is 4.98 Å². The predicted octanol–water partition coefficient (Wildman–Crippen LogP) is 2.51. The van der Waals surface area contributed by atoms with Crippen LogP contribution in [0, 0.1) is 0 Å². The summed E-state index contributed by atoms with van der Waals surface area (Å²) in [4.78, 5) is 26.2. The van der Waals surface area contributed by atoms with Crippen LogP contribution in [0.2, 0.25) is 0 Å². The fourth-order valence-electron chi connectivity index (χ4n) is 2.58.